The maximum atomic E-state index is 2.36. The van der Waals surface area contributed by atoms with Crippen molar-refractivity contribution in [2.24, 2.45) is 0 Å². The van der Waals surface area contributed by atoms with Gasteiger partial charge in [0.2, 0.25) is 0 Å². The summed E-state index contributed by atoms with van der Waals surface area (Å²) in [6.07, 6.45) is 5.31. The minimum absolute atomic E-state index is 0.335. The van der Waals surface area contributed by atoms with E-state index in [1.165, 1.54) is 36.8 Å². The van der Waals surface area contributed by atoms with Crippen molar-refractivity contribution < 1.29 is 0 Å². The summed E-state index contributed by atoms with van der Waals surface area (Å²) in [5.74, 6) is 0. The van der Waals surface area contributed by atoms with Gasteiger partial charge in [-0.3, -0.25) is 0 Å². The maximum absolute atomic E-state index is 2.36. The van der Waals surface area contributed by atoms with Crippen LogP contribution in [0.3, 0.4) is 0 Å². The molecule has 0 saturated heterocycles. The van der Waals surface area contributed by atoms with Crippen LogP contribution in [0.5, 0.6) is 0 Å². The van der Waals surface area contributed by atoms with Gasteiger partial charge in [0.15, 0.2) is 0 Å². The second kappa shape index (κ2) is 5.39. The molecule has 0 N–H and O–H groups in total. The van der Waals surface area contributed by atoms with Crippen LogP contribution in [-0.4, -0.2) is 7.85 Å². The van der Waals surface area contributed by atoms with E-state index in [1.807, 2.05) is 0 Å². The Hall–Kier alpha value is -0.715. The number of hydrogen-bond acceptors (Lipinski definition) is 0. The third-order valence-electron chi connectivity index (χ3n) is 3.20. The van der Waals surface area contributed by atoms with Crippen molar-refractivity contribution in [3.05, 3.63) is 35.4 Å². The summed E-state index contributed by atoms with van der Waals surface area (Å²) in [5, 5.41) is 0.335. The number of unbranched alkanes of at least 4 members (excludes halogenated alkanes) is 2. The predicted molar refractivity (Wildman–Crippen MR) is 71.2 cm³/mol. The average Bonchev–Trinajstić information content (AvgIpc) is 2.18. The van der Waals surface area contributed by atoms with E-state index in [1.54, 1.807) is 0 Å². The minimum atomic E-state index is 0.335. The summed E-state index contributed by atoms with van der Waals surface area (Å²) in [7, 11) is 2.36. The molecular formula is C14H23B. The Morgan fingerprint density at radius 2 is 2.00 bits per heavy atom. The Labute approximate surface area is 95.5 Å². The quantitative estimate of drug-likeness (QED) is 0.507. The van der Waals surface area contributed by atoms with E-state index in [0.717, 1.165) is 0 Å². The van der Waals surface area contributed by atoms with Crippen molar-refractivity contribution in [3.63, 3.8) is 0 Å². The van der Waals surface area contributed by atoms with Gasteiger partial charge in [0.1, 0.15) is 7.85 Å². The lowest BCUT2D eigenvalue weighted by Gasteiger charge is -2.25. The van der Waals surface area contributed by atoms with Crippen LogP contribution in [0.1, 0.15) is 50.7 Å². The van der Waals surface area contributed by atoms with E-state index in [9.17, 15) is 0 Å². The SMILES string of the molecule is BC(C)(CCCCC)c1cccc(C)c1. The molecule has 0 aliphatic heterocycles. The first-order valence-electron chi connectivity index (χ1n) is 6.13. The van der Waals surface area contributed by atoms with Gasteiger partial charge in [-0.2, -0.15) is 0 Å². The fraction of sp³-hybridized carbons (Fsp3) is 0.571. The molecule has 0 spiro atoms. The third-order valence-corrected chi connectivity index (χ3v) is 3.20. The average molecular weight is 202 g/mol. The first kappa shape index (κ1) is 12.4. The van der Waals surface area contributed by atoms with Gasteiger partial charge in [0.05, 0.1) is 0 Å². The van der Waals surface area contributed by atoms with E-state index >= 15 is 0 Å². The molecule has 0 aliphatic carbocycles. The normalized spacial score (nSPS) is 14.9. The highest BCUT2D eigenvalue weighted by molar-refractivity contribution is 6.15. The monoisotopic (exact) mass is 202 g/mol. The molecule has 1 heteroatoms. The van der Waals surface area contributed by atoms with E-state index in [0.29, 0.717) is 5.31 Å². The number of hydrogen-bond donors (Lipinski definition) is 0. The zero-order valence-corrected chi connectivity index (χ0v) is 10.6. The highest BCUT2D eigenvalue weighted by Crippen LogP contribution is 2.26. The molecule has 0 nitrogen and oxygen atoms in total. The predicted octanol–water partition coefficient (Wildman–Crippen LogP) is 3.42. The number of benzene rings is 1. The van der Waals surface area contributed by atoms with Crippen molar-refractivity contribution in [2.45, 2.75) is 51.8 Å². The summed E-state index contributed by atoms with van der Waals surface area (Å²) in [6, 6.07) is 8.93. The molecule has 1 aromatic carbocycles. The molecule has 0 bridgehead atoms. The fourth-order valence-corrected chi connectivity index (χ4v) is 2.03. The Bertz CT molecular complexity index is 302. The summed E-state index contributed by atoms with van der Waals surface area (Å²) in [5.41, 5.74) is 2.86. The first-order valence-corrected chi connectivity index (χ1v) is 6.13. The number of aryl methyl sites for hydroxylation is 1. The maximum Gasteiger partial charge on any atom is 0.114 e. The molecule has 82 valence electrons. The molecule has 1 atom stereocenters. The van der Waals surface area contributed by atoms with Gasteiger partial charge in [0.25, 0.3) is 0 Å². The van der Waals surface area contributed by atoms with Gasteiger partial charge >= 0.3 is 0 Å². The molecule has 0 aromatic heterocycles. The zero-order chi connectivity index (χ0) is 11.3. The van der Waals surface area contributed by atoms with Gasteiger partial charge in [0, 0.05) is 0 Å². The van der Waals surface area contributed by atoms with E-state index in [-0.39, 0.29) is 0 Å². The van der Waals surface area contributed by atoms with Gasteiger partial charge in [-0.05, 0) is 17.8 Å². The van der Waals surface area contributed by atoms with Crippen LogP contribution in [-0.2, 0) is 5.31 Å². The molecule has 0 fully saturated rings. The first-order chi connectivity index (χ1) is 7.06. The van der Waals surface area contributed by atoms with Crippen LogP contribution in [0.15, 0.2) is 24.3 Å². The molecule has 0 radical (unpaired) electrons. The second-order valence-electron chi connectivity index (χ2n) is 5.21. The molecule has 1 rings (SSSR count). The van der Waals surface area contributed by atoms with Crippen molar-refractivity contribution in [1.29, 1.82) is 0 Å². The standard InChI is InChI=1S/C14H23B/c1-4-5-6-10-14(3,15)13-9-7-8-12(2)11-13/h7-9,11H,4-6,10,15H2,1-3H3. The highest BCUT2D eigenvalue weighted by atomic mass is 14.2. The van der Waals surface area contributed by atoms with E-state index < -0.39 is 0 Å². The lowest BCUT2D eigenvalue weighted by Crippen LogP contribution is -2.22. The zero-order valence-electron chi connectivity index (χ0n) is 10.6. The van der Waals surface area contributed by atoms with Gasteiger partial charge in [-0.15, -0.1) is 0 Å². The topological polar surface area (TPSA) is 0 Å². The Morgan fingerprint density at radius 1 is 1.27 bits per heavy atom. The van der Waals surface area contributed by atoms with Crippen LogP contribution in [0.2, 0.25) is 0 Å². The van der Waals surface area contributed by atoms with Crippen LogP contribution in [0.25, 0.3) is 0 Å². The van der Waals surface area contributed by atoms with Crippen LogP contribution >= 0.6 is 0 Å². The molecule has 0 amide bonds. The Balaban J connectivity index is 2.67. The van der Waals surface area contributed by atoms with Crippen LogP contribution in [0.4, 0.5) is 0 Å². The van der Waals surface area contributed by atoms with Crippen molar-refractivity contribution >= 4 is 7.85 Å². The van der Waals surface area contributed by atoms with Crippen LogP contribution in [0, 0.1) is 6.92 Å². The molecule has 0 heterocycles. The summed E-state index contributed by atoms with van der Waals surface area (Å²) >= 11 is 0. The van der Waals surface area contributed by atoms with Gasteiger partial charge in [-0.1, -0.05) is 69.4 Å². The summed E-state index contributed by atoms with van der Waals surface area (Å²) in [4.78, 5) is 0. The third kappa shape index (κ3) is 3.73. The smallest absolute Gasteiger partial charge is 0.0654 e. The lowest BCUT2D eigenvalue weighted by molar-refractivity contribution is 0.549. The van der Waals surface area contributed by atoms with Crippen molar-refractivity contribution in [1.82, 2.24) is 0 Å². The second-order valence-corrected chi connectivity index (χ2v) is 5.21. The molecule has 1 unspecified atom stereocenters. The van der Waals surface area contributed by atoms with Crippen molar-refractivity contribution in [3.8, 4) is 0 Å². The minimum Gasteiger partial charge on any atom is -0.0654 e. The highest BCUT2D eigenvalue weighted by Gasteiger charge is 2.19. The van der Waals surface area contributed by atoms with Crippen LogP contribution < -0.4 is 0 Å². The molecule has 0 saturated carbocycles. The van der Waals surface area contributed by atoms with Crippen molar-refractivity contribution in [2.75, 3.05) is 0 Å². The van der Waals surface area contributed by atoms with Gasteiger partial charge in [-0.25, -0.2) is 0 Å². The largest absolute Gasteiger partial charge is 0.114 e. The molecule has 15 heavy (non-hydrogen) atoms. The molecule has 0 aliphatic rings. The summed E-state index contributed by atoms with van der Waals surface area (Å²) in [6.45, 7) is 6.79. The fourth-order valence-electron chi connectivity index (χ4n) is 2.03. The Morgan fingerprint density at radius 3 is 2.60 bits per heavy atom. The molecular weight excluding hydrogens is 179 g/mol. The lowest BCUT2D eigenvalue weighted by atomic mass is 9.63. The molecule has 1 aromatic rings. The van der Waals surface area contributed by atoms with E-state index in [4.69, 9.17) is 0 Å². The van der Waals surface area contributed by atoms with Gasteiger partial charge < -0.3 is 0 Å². The Kier molecular flexibility index (Phi) is 4.44. The van der Waals surface area contributed by atoms with E-state index in [2.05, 4.69) is 52.9 Å². The summed E-state index contributed by atoms with van der Waals surface area (Å²) < 4.78 is 0. The number of rotatable bonds is 5.